The monoisotopic (exact) mass is 346 g/mol. The minimum absolute atomic E-state index is 0.00395. The fourth-order valence-electron chi connectivity index (χ4n) is 3.41. The van der Waals surface area contributed by atoms with Gasteiger partial charge >= 0.3 is 5.97 Å². The van der Waals surface area contributed by atoms with Gasteiger partial charge in [0.2, 0.25) is 0 Å². The molecule has 4 heteroatoms. The van der Waals surface area contributed by atoms with Gasteiger partial charge in [0.05, 0.1) is 24.7 Å². The molecular formula is C16H27BrO3. The average molecular weight is 347 g/mol. The van der Waals surface area contributed by atoms with Crippen molar-refractivity contribution in [1.82, 2.24) is 0 Å². The van der Waals surface area contributed by atoms with Gasteiger partial charge in [-0.25, -0.2) is 0 Å². The van der Waals surface area contributed by atoms with Crippen molar-refractivity contribution < 1.29 is 14.3 Å². The summed E-state index contributed by atoms with van der Waals surface area (Å²) < 4.78 is 11.4. The molecule has 2 aliphatic carbocycles. The lowest BCUT2D eigenvalue weighted by molar-refractivity contribution is -0.148. The molecule has 0 radical (unpaired) electrons. The Labute approximate surface area is 130 Å². The second-order valence-corrected chi connectivity index (χ2v) is 7.68. The number of esters is 1. The highest BCUT2D eigenvalue weighted by molar-refractivity contribution is 9.09. The van der Waals surface area contributed by atoms with Crippen LogP contribution < -0.4 is 0 Å². The van der Waals surface area contributed by atoms with E-state index in [1.807, 2.05) is 6.92 Å². The normalized spacial score (nSPS) is 41.6. The number of halogens is 1. The zero-order chi connectivity index (χ0) is 14.7. The Bertz CT molecular complexity index is 334. The lowest BCUT2D eigenvalue weighted by Gasteiger charge is -2.34. The van der Waals surface area contributed by atoms with Crippen LogP contribution in [-0.2, 0) is 14.3 Å². The minimum Gasteiger partial charge on any atom is -0.466 e. The Morgan fingerprint density at radius 2 is 1.90 bits per heavy atom. The van der Waals surface area contributed by atoms with Crippen molar-refractivity contribution in [2.24, 2.45) is 17.8 Å². The molecule has 116 valence electrons. The summed E-state index contributed by atoms with van der Waals surface area (Å²) >= 11 is 3.69. The molecule has 2 fully saturated rings. The van der Waals surface area contributed by atoms with Gasteiger partial charge in [-0.3, -0.25) is 4.79 Å². The van der Waals surface area contributed by atoms with E-state index >= 15 is 0 Å². The van der Waals surface area contributed by atoms with E-state index in [4.69, 9.17) is 9.47 Å². The number of rotatable bonds is 4. The van der Waals surface area contributed by atoms with Crippen LogP contribution in [0.1, 0.15) is 52.9 Å². The van der Waals surface area contributed by atoms with Crippen molar-refractivity contribution in [2.45, 2.75) is 69.9 Å². The first kappa shape index (κ1) is 16.3. The van der Waals surface area contributed by atoms with Gasteiger partial charge in [-0.15, -0.1) is 0 Å². The zero-order valence-electron chi connectivity index (χ0n) is 12.8. The molecule has 2 aliphatic rings. The van der Waals surface area contributed by atoms with Crippen molar-refractivity contribution in [3.05, 3.63) is 0 Å². The molecule has 6 unspecified atom stereocenters. The Balaban J connectivity index is 1.83. The van der Waals surface area contributed by atoms with Crippen LogP contribution >= 0.6 is 15.9 Å². The van der Waals surface area contributed by atoms with Gasteiger partial charge in [-0.2, -0.15) is 0 Å². The molecular weight excluding hydrogens is 320 g/mol. The summed E-state index contributed by atoms with van der Waals surface area (Å²) in [6.07, 6.45) is 5.74. The zero-order valence-corrected chi connectivity index (χ0v) is 14.4. The molecule has 0 aromatic rings. The number of hydrogen-bond acceptors (Lipinski definition) is 3. The molecule has 0 aliphatic heterocycles. The molecule has 20 heavy (non-hydrogen) atoms. The van der Waals surface area contributed by atoms with E-state index in [2.05, 4.69) is 29.8 Å². The van der Waals surface area contributed by atoms with Crippen LogP contribution in [0.4, 0.5) is 0 Å². The fourth-order valence-corrected chi connectivity index (χ4v) is 4.20. The maximum absolute atomic E-state index is 11.8. The molecule has 2 saturated carbocycles. The highest BCUT2D eigenvalue weighted by atomic mass is 79.9. The maximum Gasteiger partial charge on any atom is 0.309 e. The van der Waals surface area contributed by atoms with Crippen molar-refractivity contribution in [2.75, 3.05) is 6.61 Å². The van der Waals surface area contributed by atoms with Crippen molar-refractivity contribution in [3.63, 3.8) is 0 Å². The molecule has 0 N–H and O–H groups in total. The third-order valence-electron chi connectivity index (χ3n) is 4.97. The number of carbonyl (C=O) groups excluding carboxylic acids is 1. The Kier molecular flexibility index (Phi) is 5.91. The van der Waals surface area contributed by atoms with E-state index in [0.717, 1.165) is 37.5 Å². The predicted molar refractivity (Wildman–Crippen MR) is 82.9 cm³/mol. The number of ether oxygens (including phenoxy) is 2. The lowest BCUT2D eigenvalue weighted by Crippen LogP contribution is -2.32. The quantitative estimate of drug-likeness (QED) is 0.571. The van der Waals surface area contributed by atoms with Gasteiger partial charge in [-0.05, 0) is 50.9 Å². The van der Waals surface area contributed by atoms with Gasteiger partial charge in [0, 0.05) is 4.83 Å². The topological polar surface area (TPSA) is 35.5 Å². The molecule has 0 heterocycles. The molecule has 0 saturated heterocycles. The highest BCUT2D eigenvalue weighted by Crippen LogP contribution is 2.38. The van der Waals surface area contributed by atoms with E-state index in [1.165, 1.54) is 6.42 Å². The number of hydrogen-bond donors (Lipinski definition) is 0. The molecule has 0 aromatic heterocycles. The first-order chi connectivity index (χ1) is 9.51. The van der Waals surface area contributed by atoms with Gasteiger partial charge in [0.25, 0.3) is 0 Å². The van der Waals surface area contributed by atoms with Crippen LogP contribution in [-0.4, -0.2) is 29.6 Å². The number of carbonyl (C=O) groups is 1. The Hall–Kier alpha value is -0.0900. The SMILES string of the molecule is CCOC(=O)C1CC(Br)C(OC2CCC(C)C(C)C2)C1. The van der Waals surface area contributed by atoms with Crippen LogP contribution in [0, 0.1) is 17.8 Å². The molecule has 0 amide bonds. The van der Waals surface area contributed by atoms with Crippen LogP contribution in [0.3, 0.4) is 0 Å². The smallest absolute Gasteiger partial charge is 0.309 e. The lowest BCUT2D eigenvalue weighted by atomic mass is 9.80. The summed E-state index contributed by atoms with van der Waals surface area (Å²) in [5.41, 5.74) is 0. The van der Waals surface area contributed by atoms with Gasteiger partial charge in [-0.1, -0.05) is 29.8 Å². The summed E-state index contributed by atoms with van der Waals surface area (Å²) in [5.74, 6) is 1.49. The predicted octanol–water partition coefficient (Wildman–Crippen LogP) is 3.93. The molecule has 2 rings (SSSR count). The van der Waals surface area contributed by atoms with E-state index in [0.29, 0.717) is 12.7 Å². The first-order valence-corrected chi connectivity index (χ1v) is 8.89. The summed E-state index contributed by atoms with van der Waals surface area (Å²) in [6, 6.07) is 0. The largest absolute Gasteiger partial charge is 0.466 e. The maximum atomic E-state index is 11.8. The minimum atomic E-state index is -0.0614. The first-order valence-electron chi connectivity index (χ1n) is 7.97. The third kappa shape index (κ3) is 3.97. The van der Waals surface area contributed by atoms with Crippen LogP contribution in [0.25, 0.3) is 0 Å². The molecule has 3 nitrogen and oxygen atoms in total. The van der Waals surface area contributed by atoms with Gasteiger partial charge in [0.1, 0.15) is 0 Å². The van der Waals surface area contributed by atoms with Crippen LogP contribution in [0.5, 0.6) is 0 Å². The van der Waals surface area contributed by atoms with Crippen LogP contribution in [0.2, 0.25) is 0 Å². The molecule has 0 bridgehead atoms. The van der Waals surface area contributed by atoms with E-state index < -0.39 is 0 Å². The van der Waals surface area contributed by atoms with Crippen LogP contribution in [0.15, 0.2) is 0 Å². The van der Waals surface area contributed by atoms with Crippen molar-refractivity contribution in [1.29, 1.82) is 0 Å². The summed E-state index contributed by atoms with van der Waals surface area (Å²) in [6.45, 7) is 6.98. The second kappa shape index (κ2) is 7.26. The summed E-state index contributed by atoms with van der Waals surface area (Å²) in [5, 5.41) is 0. The van der Waals surface area contributed by atoms with E-state index in [1.54, 1.807) is 0 Å². The van der Waals surface area contributed by atoms with Gasteiger partial charge < -0.3 is 9.47 Å². The molecule has 6 atom stereocenters. The van der Waals surface area contributed by atoms with Crippen molar-refractivity contribution in [3.8, 4) is 0 Å². The van der Waals surface area contributed by atoms with Gasteiger partial charge in [0.15, 0.2) is 0 Å². The molecule has 0 spiro atoms. The summed E-state index contributed by atoms with van der Waals surface area (Å²) in [4.78, 5) is 12.1. The number of alkyl halides is 1. The van der Waals surface area contributed by atoms with E-state index in [9.17, 15) is 4.79 Å². The second-order valence-electron chi connectivity index (χ2n) is 6.50. The Morgan fingerprint density at radius 1 is 1.15 bits per heavy atom. The fraction of sp³-hybridized carbons (Fsp3) is 0.938. The van der Waals surface area contributed by atoms with Crippen molar-refractivity contribution >= 4 is 21.9 Å². The molecule has 0 aromatic carbocycles. The van der Waals surface area contributed by atoms with E-state index in [-0.39, 0.29) is 22.8 Å². The third-order valence-corrected chi connectivity index (χ3v) is 5.93. The average Bonchev–Trinajstić information content (AvgIpc) is 2.76. The highest BCUT2D eigenvalue weighted by Gasteiger charge is 2.40. The summed E-state index contributed by atoms with van der Waals surface area (Å²) in [7, 11) is 0. The Morgan fingerprint density at radius 3 is 2.55 bits per heavy atom. The standard InChI is InChI=1S/C16H27BrO3/c1-4-19-16(18)12-8-14(17)15(9-12)20-13-6-5-10(2)11(3)7-13/h10-15H,4-9H2,1-3H3.